The molecule has 0 amide bonds. The molecule has 0 aliphatic rings. The summed E-state index contributed by atoms with van der Waals surface area (Å²) in [4.78, 5) is 0. The molecular formula is C10H6Br2O2. The summed E-state index contributed by atoms with van der Waals surface area (Å²) in [6.45, 7) is 0. The van der Waals surface area contributed by atoms with Gasteiger partial charge in [-0.1, -0.05) is 15.9 Å². The molecule has 1 heterocycles. The van der Waals surface area contributed by atoms with Gasteiger partial charge in [0, 0.05) is 10.5 Å². The van der Waals surface area contributed by atoms with E-state index in [9.17, 15) is 0 Å². The largest absolute Gasteiger partial charge is 0.469 e. The van der Waals surface area contributed by atoms with Crippen LogP contribution in [0.2, 0.25) is 0 Å². The monoisotopic (exact) mass is 316 g/mol. The van der Waals surface area contributed by atoms with Crippen LogP contribution in [-0.2, 0) is 0 Å². The second-order valence-corrected chi connectivity index (χ2v) is 4.41. The van der Waals surface area contributed by atoms with E-state index in [2.05, 4.69) is 31.9 Å². The number of hydrogen-bond donors (Lipinski definition) is 0. The fourth-order valence-electron chi connectivity index (χ4n) is 0.995. The number of rotatable bonds is 2. The third-order valence-electron chi connectivity index (χ3n) is 1.62. The molecular weight excluding hydrogens is 312 g/mol. The van der Waals surface area contributed by atoms with E-state index in [1.165, 1.54) is 0 Å². The van der Waals surface area contributed by atoms with Crippen molar-refractivity contribution in [3.05, 3.63) is 45.7 Å². The fraction of sp³-hybridized carbons (Fsp3) is 0. The van der Waals surface area contributed by atoms with E-state index in [0.717, 1.165) is 14.7 Å². The molecule has 0 saturated heterocycles. The van der Waals surface area contributed by atoms with Crippen molar-refractivity contribution in [2.75, 3.05) is 0 Å². The number of benzene rings is 1. The van der Waals surface area contributed by atoms with Crippen LogP contribution in [0, 0.1) is 0 Å². The van der Waals surface area contributed by atoms with Crippen LogP contribution in [0.15, 0.2) is 50.2 Å². The van der Waals surface area contributed by atoms with Gasteiger partial charge >= 0.3 is 0 Å². The van der Waals surface area contributed by atoms with Crippen molar-refractivity contribution < 1.29 is 9.15 Å². The summed E-state index contributed by atoms with van der Waals surface area (Å²) in [6, 6.07) is 7.48. The Morgan fingerprint density at radius 3 is 2.64 bits per heavy atom. The SMILES string of the molecule is Brc1ccc(Oc2ccoc2)c(Br)c1. The van der Waals surface area contributed by atoms with Crippen molar-refractivity contribution in [3.63, 3.8) is 0 Å². The number of halogens is 2. The van der Waals surface area contributed by atoms with Gasteiger partial charge in [0.05, 0.1) is 10.7 Å². The number of furan rings is 1. The van der Waals surface area contributed by atoms with Crippen LogP contribution < -0.4 is 4.74 Å². The van der Waals surface area contributed by atoms with E-state index >= 15 is 0 Å². The zero-order valence-corrected chi connectivity index (χ0v) is 10.2. The summed E-state index contributed by atoms with van der Waals surface area (Å²) in [5, 5.41) is 0. The molecule has 1 aromatic carbocycles. The van der Waals surface area contributed by atoms with Gasteiger partial charge < -0.3 is 9.15 Å². The molecule has 0 N–H and O–H groups in total. The highest BCUT2D eigenvalue weighted by Gasteiger charge is 2.03. The smallest absolute Gasteiger partial charge is 0.165 e. The van der Waals surface area contributed by atoms with Gasteiger partial charge in [0.15, 0.2) is 5.75 Å². The molecule has 0 spiro atoms. The predicted molar refractivity (Wildman–Crippen MR) is 60.6 cm³/mol. The van der Waals surface area contributed by atoms with Gasteiger partial charge in [-0.15, -0.1) is 0 Å². The Balaban J connectivity index is 2.25. The first-order chi connectivity index (χ1) is 6.75. The van der Waals surface area contributed by atoms with Gasteiger partial charge in [0.2, 0.25) is 0 Å². The van der Waals surface area contributed by atoms with Crippen molar-refractivity contribution >= 4 is 31.9 Å². The van der Waals surface area contributed by atoms with Crippen molar-refractivity contribution in [1.29, 1.82) is 0 Å². The van der Waals surface area contributed by atoms with Crippen LogP contribution >= 0.6 is 31.9 Å². The van der Waals surface area contributed by atoms with E-state index in [4.69, 9.17) is 9.15 Å². The third kappa shape index (κ3) is 2.19. The molecule has 72 valence electrons. The highest BCUT2D eigenvalue weighted by molar-refractivity contribution is 9.11. The topological polar surface area (TPSA) is 22.4 Å². The lowest BCUT2D eigenvalue weighted by Gasteiger charge is -2.04. The number of hydrogen-bond acceptors (Lipinski definition) is 2. The molecule has 0 radical (unpaired) electrons. The van der Waals surface area contributed by atoms with E-state index in [0.29, 0.717) is 5.75 Å². The van der Waals surface area contributed by atoms with Crippen molar-refractivity contribution in [1.82, 2.24) is 0 Å². The lowest BCUT2D eigenvalue weighted by Crippen LogP contribution is -1.82. The molecule has 0 atom stereocenters. The molecule has 2 nitrogen and oxygen atoms in total. The Kier molecular flexibility index (Phi) is 2.93. The Morgan fingerprint density at radius 2 is 2.00 bits per heavy atom. The zero-order valence-electron chi connectivity index (χ0n) is 7.04. The predicted octanol–water partition coefficient (Wildman–Crippen LogP) is 4.60. The molecule has 1 aromatic heterocycles. The molecule has 14 heavy (non-hydrogen) atoms. The Bertz CT molecular complexity index is 424. The summed E-state index contributed by atoms with van der Waals surface area (Å²) in [7, 11) is 0. The maximum Gasteiger partial charge on any atom is 0.165 e. The first-order valence-electron chi connectivity index (χ1n) is 3.91. The molecule has 0 bridgehead atoms. The quantitative estimate of drug-likeness (QED) is 0.808. The lowest BCUT2D eigenvalue weighted by molar-refractivity contribution is 0.463. The minimum Gasteiger partial charge on any atom is -0.469 e. The maximum atomic E-state index is 5.54. The molecule has 0 fully saturated rings. The van der Waals surface area contributed by atoms with Crippen LogP contribution in [-0.4, -0.2) is 0 Å². The Morgan fingerprint density at radius 1 is 1.14 bits per heavy atom. The van der Waals surface area contributed by atoms with E-state index < -0.39 is 0 Å². The van der Waals surface area contributed by atoms with E-state index in [1.807, 2.05) is 18.2 Å². The molecule has 0 aliphatic heterocycles. The maximum absolute atomic E-state index is 5.54. The summed E-state index contributed by atoms with van der Waals surface area (Å²) < 4.78 is 12.3. The van der Waals surface area contributed by atoms with Gasteiger partial charge in [-0.25, -0.2) is 0 Å². The average Bonchev–Trinajstić information content (AvgIpc) is 2.62. The first kappa shape index (κ1) is 9.80. The van der Waals surface area contributed by atoms with Gasteiger partial charge in [-0.3, -0.25) is 0 Å². The normalized spacial score (nSPS) is 10.1. The van der Waals surface area contributed by atoms with Crippen molar-refractivity contribution in [2.24, 2.45) is 0 Å². The molecule has 2 aromatic rings. The number of ether oxygens (including phenoxy) is 1. The molecule has 0 aliphatic carbocycles. The second-order valence-electron chi connectivity index (χ2n) is 2.64. The van der Waals surface area contributed by atoms with Crippen LogP contribution in [0.4, 0.5) is 0 Å². The van der Waals surface area contributed by atoms with E-state index in [1.54, 1.807) is 18.6 Å². The second kappa shape index (κ2) is 4.19. The van der Waals surface area contributed by atoms with Crippen molar-refractivity contribution in [3.8, 4) is 11.5 Å². The average molecular weight is 318 g/mol. The Labute approximate surface area is 98.1 Å². The summed E-state index contributed by atoms with van der Waals surface area (Å²) in [5.41, 5.74) is 0. The fourth-order valence-corrected chi connectivity index (χ4v) is 2.12. The van der Waals surface area contributed by atoms with E-state index in [-0.39, 0.29) is 0 Å². The lowest BCUT2D eigenvalue weighted by atomic mass is 10.3. The minimum atomic E-state index is 0.688. The molecule has 4 heteroatoms. The zero-order chi connectivity index (χ0) is 9.97. The van der Waals surface area contributed by atoms with Gasteiger partial charge in [-0.05, 0) is 34.1 Å². The highest BCUT2D eigenvalue weighted by atomic mass is 79.9. The molecule has 0 saturated carbocycles. The summed E-state index contributed by atoms with van der Waals surface area (Å²) in [6.07, 6.45) is 3.12. The van der Waals surface area contributed by atoms with Crippen molar-refractivity contribution in [2.45, 2.75) is 0 Å². The standard InChI is InChI=1S/C10H6Br2O2/c11-7-1-2-10(9(12)5-7)14-8-3-4-13-6-8/h1-6H. The molecule has 2 rings (SSSR count). The molecule has 0 unspecified atom stereocenters. The highest BCUT2D eigenvalue weighted by Crippen LogP contribution is 2.31. The summed E-state index contributed by atoms with van der Waals surface area (Å²) in [5.74, 6) is 1.45. The third-order valence-corrected chi connectivity index (χ3v) is 2.73. The van der Waals surface area contributed by atoms with Crippen LogP contribution in [0.3, 0.4) is 0 Å². The van der Waals surface area contributed by atoms with Crippen LogP contribution in [0.5, 0.6) is 11.5 Å². The van der Waals surface area contributed by atoms with Gasteiger partial charge in [0.25, 0.3) is 0 Å². The van der Waals surface area contributed by atoms with Crippen LogP contribution in [0.1, 0.15) is 0 Å². The first-order valence-corrected chi connectivity index (χ1v) is 5.49. The van der Waals surface area contributed by atoms with Crippen LogP contribution in [0.25, 0.3) is 0 Å². The van der Waals surface area contributed by atoms with Gasteiger partial charge in [0.1, 0.15) is 12.0 Å². The Hall–Kier alpha value is -0.740. The minimum absolute atomic E-state index is 0.688. The van der Waals surface area contributed by atoms with Gasteiger partial charge in [-0.2, -0.15) is 0 Å². The summed E-state index contributed by atoms with van der Waals surface area (Å²) >= 11 is 6.78.